The first-order valence-corrected chi connectivity index (χ1v) is 15.3. The number of unbranched alkanes of at least 4 members (excludes halogenated alkanes) is 7. The van der Waals surface area contributed by atoms with Crippen LogP contribution in [0.1, 0.15) is 104 Å². The molecule has 0 saturated heterocycles. The van der Waals surface area contributed by atoms with Gasteiger partial charge in [0.05, 0.1) is 12.3 Å². The summed E-state index contributed by atoms with van der Waals surface area (Å²) >= 11 is 0. The van der Waals surface area contributed by atoms with Gasteiger partial charge in [-0.2, -0.15) is 0 Å². The molecule has 0 aliphatic rings. The van der Waals surface area contributed by atoms with E-state index < -0.39 is 0 Å². The van der Waals surface area contributed by atoms with Crippen LogP contribution in [0.15, 0.2) is 66.9 Å². The van der Waals surface area contributed by atoms with Gasteiger partial charge in [0.1, 0.15) is 5.75 Å². The van der Waals surface area contributed by atoms with Gasteiger partial charge in [-0.15, -0.1) is 0 Å². The maximum absolute atomic E-state index is 5.97. The third-order valence-electron chi connectivity index (χ3n) is 7.52. The number of benzene rings is 2. The Morgan fingerprint density at radius 1 is 0.632 bits per heavy atom. The number of aromatic nitrogens is 1. The van der Waals surface area contributed by atoms with Crippen molar-refractivity contribution in [1.82, 2.24) is 4.98 Å². The maximum atomic E-state index is 5.97. The zero-order valence-electron chi connectivity index (χ0n) is 24.6. The standard InChI is InChI=1S/C36H51NO/c1-5-6-7-8-9-10-11-12-26-38-35-23-21-33(22-24-35)32-17-19-34(20-18-32)36-25-16-31(28-37-36)27-30(4)15-13-14-29(2)3/h16-25,28-30H,5-15,26-27H2,1-4H3. The zero-order chi connectivity index (χ0) is 27.0. The van der Waals surface area contributed by atoms with Crippen LogP contribution >= 0.6 is 0 Å². The molecule has 0 spiro atoms. The van der Waals surface area contributed by atoms with Crippen molar-refractivity contribution in [2.24, 2.45) is 11.8 Å². The SMILES string of the molecule is CCCCCCCCCCOc1ccc(-c2ccc(-c3ccc(CC(C)CCCC(C)C)cn3)cc2)cc1. The van der Waals surface area contributed by atoms with Crippen molar-refractivity contribution in [2.45, 2.75) is 105 Å². The van der Waals surface area contributed by atoms with Crippen LogP contribution in [0, 0.1) is 11.8 Å². The Bertz CT molecular complexity index is 1000. The largest absolute Gasteiger partial charge is 0.494 e. The zero-order valence-corrected chi connectivity index (χ0v) is 24.6. The molecule has 1 heterocycles. The predicted octanol–water partition coefficient (Wildman–Crippen LogP) is 10.9. The van der Waals surface area contributed by atoms with E-state index in [1.165, 1.54) is 80.9 Å². The number of nitrogens with zero attached hydrogens (tertiary/aromatic N) is 1. The molecule has 0 saturated carbocycles. The van der Waals surface area contributed by atoms with Crippen LogP contribution in [0.2, 0.25) is 0 Å². The average molecular weight is 514 g/mol. The fourth-order valence-corrected chi connectivity index (χ4v) is 5.10. The minimum Gasteiger partial charge on any atom is -0.494 e. The van der Waals surface area contributed by atoms with Crippen LogP contribution in [0.25, 0.3) is 22.4 Å². The molecule has 0 N–H and O–H groups in total. The van der Waals surface area contributed by atoms with E-state index in [1.807, 2.05) is 0 Å². The van der Waals surface area contributed by atoms with Crippen LogP contribution in [0.5, 0.6) is 5.75 Å². The van der Waals surface area contributed by atoms with Gasteiger partial charge >= 0.3 is 0 Å². The molecule has 3 rings (SSSR count). The minimum absolute atomic E-state index is 0.711. The molecule has 2 heteroatoms. The smallest absolute Gasteiger partial charge is 0.119 e. The first-order chi connectivity index (χ1) is 18.5. The molecule has 0 aliphatic carbocycles. The summed E-state index contributed by atoms with van der Waals surface area (Å²) in [7, 11) is 0. The van der Waals surface area contributed by atoms with Crippen LogP contribution in [0.3, 0.4) is 0 Å². The lowest BCUT2D eigenvalue weighted by atomic mass is 9.94. The Kier molecular flexibility index (Phi) is 13.5. The number of pyridine rings is 1. The van der Waals surface area contributed by atoms with Crippen molar-refractivity contribution in [3.05, 3.63) is 72.4 Å². The van der Waals surface area contributed by atoms with Gasteiger partial charge in [-0.3, -0.25) is 4.98 Å². The summed E-state index contributed by atoms with van der Waals surface area (Å²) in [4.78, 5) is 4.77. The van der Waals surface area contributed by atoms with Gasteiger partial charge in [-0.1, -0.05) is 134 Å². The van der Waals surface area contributed by atoms with E-state index in [2.05, 4.69) is 94.6 Å². The van der Waals surface area contributed by atoms with E-state index in [4.69, 9.17) is 9.72 Å². The Labute approximate surface area is 233 Å². The van der Waals surface area contributed by atoms with Gasteiger partial charge in [0.15, 0.2) is 0 Å². The number of hydrogen-bond acceptors (Lipinski definition) is 2. The van der Waals surface area contributed by atoms with Crippen molar-refractivity contribution in [3.8, 4) is 28.1 Å². The van der Waals surface area contributed by atoms with Gasteiger partial charge in [-0.05, 0) is 59.6 Å². The summed E-state index contributed by atoms with van der Waals surface area (Å²) in [5.41, 5.74) is 5.97. The molecule has 2 nitrogen and oxygen atoms in total. The molecule has 0 bridgehead atoms. The molecule has 0 amide bonds. The summed E-state index contributed by atoms with van der Waals surface area (Å²) < 4.78 is 5.97. The number of ether oxygens (including phenoxy) is 1. The first kappa shape index (κ1) is 29.9. The fourth-order valence-electron chi connectivity index (χ4n) is 5.10. The van der Waals surface area contributed by atoms with Crippen molar-refractivity contribution in [1.29, 1.82) is 0 Å². The molecule has 3 aromatic rings. The van der Waals surface area contributed by atoms with E-state index in [0.717, 1.165) is 42.4 Å². The Morgan fingerprint density at radius 2 is 1.24 bits per heavy atom. The molecule has 0 aliphatic heterocycles. The molecule has 0 fully saturated rings. The number of hydrogen-bond donors (Lipinski definition) is 0. The third-order valence-corrected chi connectivity index (χ3v) is 7.52. The molecule has 1 unspecified atom stereocenters. The lowest BCUT2D eigenvalue weighted by Crippen LogP contribution is -2.01. The predicted molar refractivity (Wildman–Crippen MR) is 165 cm³/mol. The van der Waals surface area contributed by atoms with E-state index in [-0.39, 0.29) is 0 Å². The summed E-state index contributed by atoms with van der Waals surface area (Å²) in [6.45, 7) is 10.1. The molecule has 0 radical (unpaired) electrons. The molecule has 2 aromatic carbocycles. The second kappa shape index (κ2) is 17.1. The summed E-state index contributed by atoms with van der Waals surface area (Å²) in [5, 5.41) is 0. The van der Waals surface area contributed by atoms with E-state index in [9.17, 15) is 0 Å². The lowest BCUT2D eigenvalue weighted by molar-refractivity contribution is 0.304. The monoisotopic (exact) mass is 513 g/mol. The van der Waals surface area contributed by atoms with Crippen LogP contribution in [-0.4, -0.2) is 11.6 Å². The van der Waals surface area contributed by atoms with Crippen LogP contribution in [0.4, 0.5) is 0 Å². The second-order valence-electron chi connectivity index (χ2n) is 11.6. The highest BCUT2D eigenvalue weighted by atomic mass is 16.5. The summed E-state index contributed by atoms with van der Waals surface area (Å²) in [6, 6.07) is 21.7. The van der Waals surface area contributed by atoms with E-state index in [1.54, 1.807) is 0 Å². The topological polar surface area (TPSA) is 22.1 Å². The van der Waals surface area contributed by atoms with Crippen LogP contribution in [-0.2, 0) is 6.42 Å². The Hall–Kier alpha value is -2.61. The highest BCUT2D eigenvalue weighted by Gasteiger charge is 2.07. The van der Waals surface area contributed by atoms with Gasteiger partial charge in [0.25, 0.3) is 0 Å². The lowest BCUT2D eigenvalue weighted by Gasteiger charge is -2.12. The van der Waals surface area contributed by atoms with Gasteiger partial charge < -0.3 is 4.74 Å². The average Bonchev–Trinajstić information content (AvgIpc) is 2.93. The maximum Gasteiger partial charge on any atom is 0.119 e. The van der Waals surface area contributed by atoms with E-state index in [0.29, 0.717) is 5.92 Å². The first-order valence-electron chi connectivity index (χ1n) is 15.3. The van der Waals surface area contributed by atoms with Crippen molar-refractivity contribution >= 4 is 0 Å². The van der Waals surface area contributed by atoms with E-state index >= 15 is 0 Å². The molecular formula is C36H51NO. The van der Waals surface area contributed by atoms with Crippen molar-refractivity contribution < 1.29 is 4.74 Å². The molecule has 1 atom stereocenters. The minimum atomic E-state index is 0.711. The molecular weight excluding hydrogens is 462 g/mol. The van der Waals surface area contributed by atoms with Gasteiger partial charge in [0.2, 0.25) is 0 Å². The van der Waals surface area contributed by atoms with Crippen molar-refractivity contribution in [3.63, 3.8) is 0 Å². The van der Waals surface area contributed by atoms with Crippen molar-refractivity contribution in [2.75, 3.05) is 6.61 Å². The highest BCUT2D eigenvalue weighted by molar-refractivity contribution is 5.69. The Morgan fingerprint density at radius 3 is 1.84 bits per heavy atom. The number of rotatable bonds is 18. The quantitative estimate of drug-likeness (QED) is 0.158. The summed E-state index contributed by atoms with van der Waals surface area (Å²) in [5.74, 6) is 2.48. The highest BCUT2D eigenvalue weighted by Crippen LogP contribution is 2.26. The van der Waals surface area contributed by atoms with Crippen LogP contribution < -0.4 is 4.74 Å². The molecule has 206 valence electrons. The van der Waals surface area contributed by atoms with Gasteiger partial charge in [-0.25, -0.2) is 0 Å². The molecule has 1 aromatic heterocycles. The fraction of sp³-hybridized carbons (Fsp3) is 0.528. The third kappa shape index (κ3) is 11.0. The summed E-state index contributed by atoms with van der Waals surface area (Å²) in [6.07, 6.45) is 17.7. The van der Waals surface area contributed by atoms with Gasteiger partial charge in [0, 0.05) is 11.8 Å². The normalized spacial score (nSPS) is 12.1. The second-order valence-corrected chi connectivity index (χ2v) is 11.6. The molecule has 38 heavy (non-hydrogen) atoms. The Balaban J connectivity index is 1.42.